The van der Waals surface area contributed by atoms with Crippen LogP contribution in [0.25, 0.3) is 11.0 Å². The van der Waals surface area contributed by atoms with Crippen molar-refractivity contribution in [1.29, 1.82) is 0 Å². The van der Waals surface area contributed by atoms with Gasteiger partial charge < -0.3 is 14.7 Å². The second-order valence-electron chi connectivity index (χ2n) is 5.71. The van der Waals surface area contributed by atoms with Crippen LogP contribution in [0.2, 0.25) is 0 Å². The van der Waals surface area contributed by atoms with E-state index in [0.717, 1.165) is 42.5 Å². The second kappa shape index (κ2) is 5.51. The fourth-order valence-electron chi connectivity index (χ4n) is 3.14. The molecule has 2 N–H and O–H groups in total. The molecule has 1 fully saturated rings. The topological polar surface area (TPSA) is 98.4 Å². The molecule has 1 unspecified atom stereocenters. The van der Waals surface area contributed by atoms with Crippen molar-refractivity contribution in [2.75, 3.05) is 6.54 Å². The Balaban J connectivity index is 1.59. The number of hydrogen-bond donors (Lipinski definition) is 1. The van der Waals surface area contributed by atoms with Crippen LogP contribution in [0.5, 0.6) is 0 Å². The Hall–Kier alpha value is -2.67. The number of nitrogens with zero attached hydrogens (tertiary/aromatic N) is 3. The third kappa shape index (κ3) is 2.49. The summed E-state index contributed by atoms with van der Waals surface area (Å²) in [7, 11) is 0. The summed E-state index contributed by atoms with van der Waals surface area (Å²) in [5, 5.41) is 4.75. The molecule has 7 nitrogen and oxygen atoms in total. The van der Waals surface area contributed by atoms with Crippen LogP contribution in [0.3, 0.4) is 0 Å². The number of furan rings is 1. The van der Waals surface area contributed by atoms with E-state index in [2.05, 4.69) is 21.1 Å². The lowest BCUT2D eigenvalue weighted by Crippen LogP contribution is -2.23. The highest BCUT2D eigenvalue weighted by molar-refractivity contribution is 5.88. The van der Waals surface area contributed by atoms with Crippen LogP contribution in [0.4, 0.5) is 0 Å². The molecule has 118 valence electrons. The number of rotatable bonds is 4. The van der Waals surface area contributed by atoms with Gasteiger partial charge in [0.2, 0.25) is 5.89 Å². The molecular formula is C16H16N4O3. The normalized spacial score (nSPS) is 18.7. The van der Waals surface area contributed by atoms with Gasteiger partial charge in [0, 0.05) is 17.5 Å². The van der Waals surface area contributed by atoms with E-state index in [9.17, 15) is 4.79 Å². The summed E-state index contributed by atoms with van der Waals surface area (Å²) in [5.41, 5.74) is 7.19. The van der Waals surface area contributed by atoms with Gasteiger partial charge in [0.05, 0.1) is 12.3 Å². The van der Waals surface area contributed by atoms with Crippen molar-refractivity contribution in [3.05, 3.63) is 47.8 Å². The summed E-state index contributed by atoms with van der Waals surface area (Å²) < 4.78 is 10.8. The fraction of sp³-hybridized carbons (Fsp3) is 0.312. The zero-order chi connectivity index (χ0) is 15.8. The number of primary amides is 1. The Morgan fingerprint density at radius 1 is 1.39 bits per heavy atom. The van der Waals surface area contributed by atoms with Crippen LogP contribution in [-0.2, 0) is 6.54 Å². The number of likely N-dealkylation sites (tertiary alicyclic amines) is 1. The lowest BCUT2D eigenvalue weighted by molar-refractivity contribution is 0.0987. The van der Waals surface area contributed by atoms with Gasteiger partial charge in [-0.25, -0.2) is 0 Å². The first-order chi connectivity index (χ1) is 11.2. The molecule has 23 heavy (non-hydrogen) atoms. The molecule has 0 bridgehead atoms. The predicted octanol–water partition coefficient (Wildman–Crippen LogP) is 2.25. The number of carbonyl (C=O) groups excluding carboxylic acids is 1. The molecule has 1 aliphatic heterocycles. The van der Waals surface area contributed by atoms with E-state index in [1.54, 1.807) is 6.26 Å². The van der Waals surface area contributed by atoms with Gasteiger partial charge in [-0.05, 0) is 25.5 Å². The smallest absolute Gasteiger partial charge is 0.290 e. The number of carbonyl (C=O) groups is 1. The number of benzene rings is 1. The van der Waals surface area contributed by atoms with Crippen molar-refractivity contribution in [3.8, 4) is 0 Å². The highest BCUT2D eigenvalue weighted by atomic mass is 16.5. The maximum absolute atomic E-state index is 11.1. The quantitative estimate of drug-likeness (QED) is 0.793. The summed E-state index contributed by atoms with van der Waals surface area (Å²) in [6, 6.07) is 7.97. The number of amides is 1. The summed E-state index contributed by atoms with van der Waals surface area (Å²) in [5.74, 6) is -0.296. The molecular weight excluding hydrogens is 296 g/mol. The van der Waals surface area contributed by atoms with E-state index in [-0.39, 0.29) is 11.9 Å². The molecule has 7 heteroatoms. The van der Waals surface area contributed by atoms with E-state index in [4.69, 9.17) is 14.7 Å². The van der Waals surface area contributed by atoms with Crippen LogP contribution >= 0.6 is 0 Å². The zero-order valence-electron chi connectivity index (χ0n) is 12.4. The molecule has 1 aliphatic rings. The van der Waals surface area contributed by atoms with Gasteiger partial charge in [-0.1, -0.05) is 23.4 Å². The largest absolute Gasteiger partial charge is 0.464 e. The number of hydrogen-bond acceptors (Lipinski definition) is 6. The molecule has 2 aromatic heterocycles. The summed E-state index contributed by atoms with van der Waals surface area (Å²) in [4.78, 5) is 17.5. The molecule has 3 aromatic rings. The lowest BCUT2D eigenvalue weighted by Gasteiger charge is -2.20. The van der Waals surface area contributed by atoms with Crippen LogP contribution < -0.4 is 5.73 Å². The van der Waals surface area contributed by atoms with Gasteiger partial charge in [-0.2, -0.15) is 4.98 Å². The van der Waals surface area contributed by atoms with E-state index >= 15 is 0 Å². The number of aromatic nitrogens is 2. The Labute approximate surface area is 132 Å². The lowest BCUT2D eigenvalue weighted by atomic mass is 10.1. The van der Waals surface area contributed by atoms with Gasteiger partial charge in [0.1, 0.15) is 5.58 Å². The minimum absolute atomic E-state index is 0.00395. The third-order valence-corrected chi connectivity index (χ3v) is 4.25. The molecule has 0 radical (unpaired) electrons. The standard InChI is InChI=1S/C16H16N4O3/c17-14(21)15-18-16(23-19-15)12-5-3-7-20(12)8-10-9-22-13-6-2-1-4-11(10)13/h1-2,4,6,9,12H,3,5,7-8H2,(H2,17,21). The Bertz CT molecular complexity index is 854. The average Bonchev–Trinajstić information content (AvgIpc) is 3.26. The first-order valence-electron chi connectivity index (χ1n) is 7.55. The number of para-hydroxylation sites is 1. The van der Waals surface area contributed by atoms with Crippen molar-refractivity contribution >= 4 is 16.9 Å². The minimum atomic E-state index is -0.676. The van der Waals surface area contributed by atoms with E-state index in [0.29, 0.717) is 5.89 Å². The second-order valence-corrected chi connectivity index (χ2v) is 5.71. The number of nitrogens with two attached hydrogens (primary N) is 1. The van der Waals surface area contributed by atoms with Crippen molar-refractivity contribution in [2.45, 2.75) is 25.4 Å². The molecule has 1 atom stereocenters. The number of fused-ring (bicyclic) bond motifs is 1. The Morgan fingerprint density at radius 2 is 2.26 bits per heavy atom. The molecule has 4 rings (SSSR count). The minimum Gasteiger partial charge on any atom is -0.464 e. The summed E-state index contributed by atoms with van der Waals surface area (Å²) in [6.45, 7) is 1.66. The van der Waals surface area contributed by atoms with Crippen LogP contribution in [0, 0.1) is 0 Å². The van der Waals surface area contributed by atoms with Gasteiger partial charge in [0.25, 0.3) is 11.7 Å². The molecule has 1 saturated heterocycles. The molecule has 0 aliphatic carbocycles. The van der Waals surface area contributed by atoms with Gasteiger partial charge in [-0.15, -0.1) is 0 Å². The van der Waals surface area contributed by atoms with E-state index in [1.807, 2.05) is 18.2 Å². The summed E-state index contributed by atoms with van der Waals surface area (Å²) in [6.07, 6.45) is 3.74. The van der Waals surface area contributed by atoms with Gasteiger partial charge in [-0.3, -0.25) is 9.69 Å². The van der Waals surface area contributed by atoms with Gasteiger partial charge in [0.15, 0.2) is 0 Å². The van der Waals surface area contributed by atoms with Crippen LogP contribution in [0.15, 0.2) is 39.5 Å². The van der Waals surface area contributed by atoms with Crippen molar-refractivity contribution in [2.24, 2.45) is 5.73 Å². The first-order valence-corrected chi connectivity index (χ1v) is 7.55. The van der Waals surface area contributed by atoms with Crippen molar-refractivity contribution in [1.82, 2.24) is 15.0 Å². The Kier molecular flexibility index (Phi) is 3.34. The van der Waals surface area contributed by atoms with Crippen LogP contribution in [-0.4, -0.2) is 27.5 Å². The SMILES string of the molecule is NC(=O)c1noc(C2CCCN2Cc2coc3ccccc23)n1. The van der Waals surface area contributed by atoms with Crippen LogP contribution in [0.1, 0.15) is 41.0 Å². The maximum atomic E-state index is 11.1. The summed E-state index contributed by atoms with van der Waals surface area (Å²) >= 11 is 0. The first kappa shape index (κ1) is 14.0. The maximum Gasteiger partial charge on any atom is 0.290 e. The molecule has 0 saturated carbocycles. The average molecular weight is 312 g/mol. The molecule has 3 heterocycles. The highest BCUT2D eigenvalue weighted by Gasteiger charge is 2.31. The Morgan fingerprint density at radius 3 is 3.09 bits per heavy atom. The van der Waals surface area contributed by atoms with Gasteiger partial charge >= 0.3 is 0 Å². The zero-order valence-corrected chi connectivity index (χ0v) is 12.4. The van der Waals surface area contributed by atoms with Crippen molar-refractivity contribution in [3.63, 3.8) is 0 Å². The highest BCUT2D eigenvalue weighted by Crippen LogP contribution is 2.33. The van der Waals surface area contributed by atoms with E-state index < -0.39 is 5.91 Å². The molecule has 1 amide bonds. The fourth-order valence-corrected chi connectivity index (χ4v) is 3.14. The van der Waals surface area contributed by atoms with Crippen molar-refractivity contribution < 1.29 is 13.7 Å². The predicted molar refractivity (Wildman–Crippen MR) is 81.4 cm³/mol. The monoisotopic (exact) mass is 312 g/mol. The molecule has 1 aromatic carbocycles. The molecule has 0 spiro atoms. The third-order valence-electron chi connectivity index (χ3n) is 4.25. The van der Waals surface area contributed by atoms with E-state index in [1.165, 1.54) is 0 Å².